The van der Waals surface area contributed by atoms with Crippen LogP contribution >= 0.6 is 0 Å². The third-order valence-electron chi connectivity index (χ3n) is 7.66. The third kappa shape index (κ3) is 6.18. The number of rotatable bonds is 8. The van der Waals surface area contributed by atoms with Crippen LogP contribution in [0.2, 0.25) is 0 Å². The van der Waals surface area contributed by atoms with Crippen molar-refractivity contribution in [1.29, 1.82) is 0 Å². The Morgan fingerprint density at radius 1 is 0.875 bits per heavy atom. The van der Waals surface area contributed by atoms with Gasteiger partial charge in [0.2, 0.25) is 5.91 Å². The van der Waals surface area contributed by atoms with E-state index in [-0.39, 0.29) is 17.7 Å². The van der Waals surface area contributed by atoms with E-state index in [0.29, 0.717) is 23.7 Å². The molecular formula is C34H36N4O2. The number of likely N-dealkylation sites (N-methyl/N-ethyl adjacent to an activating group) is 1. The van der Waals surface area contributed by atoms with Crippen LogP contribution < -0.4 is 21.3 Å². The maximum atomic E-state index is 13.2. The van der Waals surface area contributed by atoms with Crippen molar-refractivity contribution in [3.63, 3.8) is 0 Å². The molecule has 4 N–H and O–H groups in total. The van der Waals surface area contributed by atoms with Crippen LogP contribution in [-0.4, -0.2) is 31.4 Å². The predicted molar refractivity (Wildman–Crippen MR) is 163 cm³/mol. The van der Waals surface area contributed by atoms with Crippen LogP contribution in [0.25, 0.3) is 11.1 Å². The van der Waals surface area contributed by atoms with Crippen molar-refractivity contribution in [2.75, 3.05) is 35.6 Å². The predicted octanol–water partition coefficient (Wildman–Crippen LogP) is 6.32. The SMILES string of the molecule is CCNC(=O)C(c1ccccc1)C1CCN(c2ccc(NC(=O)c3ccccc3-c3cccc(N)c3)cc2)CC1. The molecule has 0 aliphatic carbocycles. The molecule has 1 fully saturated rings. The Bertz CT molecular complexity index is 1440. The van der Waals surface area contributed by atoms with E-state index in [2.05, 4.69) is 39.8 Å². The number of nitrogen functional groups attached to an aromatic ring is 1. The normalized spacial score (nSPS) is 14.4. The second-order valence-corrected chi connectivity index (χ2v) is 10.3. The molecule has 1 unspecified atom stereocenters. The minimum atomic E-state index is -0.163. The number of carbonyl (C=O) groups excluding carboxylic acids is 2. The van der Waals surface area contributed by atoms with Crippen LogP contribution in [0.4, 0.5) is 17.1 Å². The summed E-state index contributed by atoms with van der Waals surface area (Å²) in [6.45, 7) is 4.36. The molecule has 0 saturated carbocycles. The number of hydrogen-bond acceptors (Lipinski definition) is 4. The lowest BCUT2D eigenvalue weighted by atomic mass is 9.79. The number of nitrogens with one attached hydrogen (secondary N) is 2. The first-order chi connectivity index (χ1) is 19.5. The molecule has 40 heavy (non-hydrogen) atoms. The molecule has 0 aromatic heterocycles. The van der Waals surface area contributed by atoms with Crippen molar-refractivity contribution >= 4 is 28.9 Å². The Labute approximate surface area is 236 Å². The van der Waals surface area contributed by atoms with E-state index in [4.69, 9.17) is 5.73 Å². The van der Waals surface area contributed by atoms with Crippen molar-refractivity contribution in [2.45, 2.75) is 25.7 Å². The molecule has 1 aliphatic rings. The van der Waals surface area contributed by atoms with Crippen LogP contribution in [-0.2, 0) is 4.79 Å². The number of amides is 2. The largest absolute Gasteiger partial charge is 0.399 e. The molecule has 1 atom stereocenters. The molecule has 6 nitrogen and oxygen atoms in total. The highest BCUT2D eigenvalue weighted by Crippen LogP contribution is 2.35. The van der Waals surface area contributed by atoms with Gasteiger partial charge in [0.1, 0.15) is 0 Å². The van der Waals surface area contributed by atoms with E-state index in [1.807, 2.05) is 85.8 Å². The zero-order valence-corrected chi connectivity index (χ0v) is 22.8. The lowest BCUT2D eigenvalue weighted by molar-refractivity contribution is -0.123. The van der Waals surface area contributed by atoms with Crippen molar-refractivity contribution < 1.29 is 9.59 Å². The fourth-order valence-corrected chi connectivity index (χ4v) is 5.67. The third-order valence-corrected chi connectivity index (χ3v) is 7.66. The van der Waals surface area contributed by atoms with Gasteiger partial charge in [-0.25, -0.2) is 0 Å². The summed E-state index contributed by atoms with van der Waals surface area (Å²) in [5.74, 6) is 0.119. The molecule has 6 heteroatoms. The molecule has 4 aromatic rings. The summed E-state index contributed by atoms with van der Waals surface area (Å²) in [5.41, 5.74) is 11.9. The highest BCUT2D eigenvalue weighted by Gasteiger charge is 2.32. The number of benzene rings is 4. The van der Waals surface area contributed by atoms with Crippen molar-refractivity contribution in [1.82, 2.24) is 5.32 Å². The summed E-state index contributed by atoms with van der Waals surface area (Å²) in [7, 11) is 0. The number of nitrogens with zero attached hydrogens (tertiary/aromatic N) is 1. The van der Waals surface area contributed by atoms with Gasteiger partial charge in [-0.1, -0.05) is 60.7 Å². The average Bonchev–Trinajstić information content (AvgIpc) is 2.99. The number of carbonyl (C=O) groups is 2. The Kier molecular flexibility index (Phi) is 8.45. The van der Waals surface area contributed by atoms with Crippen molar-refractivity contribution in [3.05, 3.63) is 114 Å². The standard InChI is InChI=1S/C34H36N4O2/c1-2-36-34(40)32(24-9-4-3-5-10-24)25-19-21-38(22-20-25)29-17-15-28(16-18-29)37-33(39)31-14-7-6-13-30(31)26-11-8-12-27(35)23-26/h3-18,23,25,32H,2,19-22,35H2,1H3,(H,36,40)(H,37,39). The van der Waals surface area contributed by atoms with E-state index < -0.39 is 0 Å². The van der Waals surface area contributed by atoms with Crippen LogP contribution in [0.15, 0.2) is 103 Å². The highest BCUT2D eigenvalue weighted by molar-refractivity contribution is 6.08. The first-order valence-corrected chi connectivity index (χ1v) is 14.0. The number of anilines is 3. The Morgan fingerprint density at radius 3 is 2.27 bits per heavy atom. The van der Waals surface area contributed by atoms with Crippen LogP contribution in [0.5, 0.6) is 0 Å². The minimum absolute atomic E-state index is 0.115. The van der Waals surface area contributed by atoms with Gasteiger partial charge in [-0.3, -0.25) is 9.59 Å². The monoisotopic (exact) mass is 532 g/mol. The molecule has 0 bridgehead atoms. The summed E-state index contributed by atoms with van der Waals surface area (Å²) in [6.07, 6.45) is 1.88. The summed E-state index contributed by atoms with van der Waals surface area (Å²) in [6, 6.07) is 33.2. The lowest BCUT2D eigenvalue weighted by Gasteiger charge is -2.37. The van der Waals surface area contributed by atoms with E-state index in [1.165, 1.54) is 0 Å². The average molecular weight is 533 g/mol. The zero-order valence-electron chi connectivity index (χ0n) is 22.8. The van der Waals surface area contributed by atoms with Gasteiger partial charge < -0.3 is 21.3 Å². The molecule has 0 radical (unpaired) electrons. The fraction of sp³-hybridized carbons (Fsp3) is 0.235. The van der Waals surface area contributed by atoms with Gasteiger partial charge in [-0.2, -0.15) is 0 Å². The number of hydrogen-bond donors (Lipinski definition) is 3. The molecule has 204 valence electrons. The van der Waals surface area contributed by atoms with Gasteiger partial charge in [-0.05, 0) is 84.8 Å². The van der Waals surface area contributed by atoms with Crippen LogP contribution in [0.1, 0.15) is 41.6 Å². The van der Waals surface area contributed by atoms with E-state index in [9.17, 15) is 9.59 Å². The minimum Gasteiger partial charge on any atom is -0.399 e. The van der Waals surface area contributed by atoms with Gasteiger partial charge in [0.05, 0.1) is 5.92 Å². The number of piperidine rings is 1. The molecule has 5 rings (SSSR count). The zero-order chi connectivity index (χ0) is 27.9. The first-order valence-electron chi connectivity index (χ1n) is 14.0. The van der Waals surface area contributed by atoms with Gasteiger partial charge in [0.25, 0.3) is 5.91 Å². The fourth-order valence-electron chi connectivity index (χ4n) is 5.67. The second kappa shape index (κ2) is 12.5. The first kappa shape index (κ1) is 27.0. The quantitative estimate of drug-likeness (QED) is 0.232. The van der Waals surface area contributed by atoms with Gasteiger partial charge in [0, 0.05) is 42.3 Å². The highest BCUT2D eigenvalue weighted by atomic mass is 16.2. The van der Waals surface area contributed by atoms with E-state index >= 15 is 0 Å². The van der Waals surface area contributed by atoms with E-state index in [0.717, 1.165) is 54.0 Å². The molecule has 1 heterocycles. The summed E-state index contributed by atoms with van der Waals surface area (Å²) in [4.78, 5) is 28.5. The van der Waals surface area contributed by atoms with Crippen LogP contribution in [0.3, 0.4) is 0 Å². The Morgan fingerprint density at radius 2 is 1.57 bits per heavy atom. The maximum Gasteiger partial charge on any atom is 0.256 e. The molecule has 1 saturated heterocycles. The summed E-state index contributed by atoms with van der Waals surface area (Å²) < 4.78 is 0. The summed E-state index contributed by atoms with van der Waals surface area (Å²) in [5, 5.41) is 6.08. The van der Waals surface area contributed by atoms with Gasteiger partial charge in [-0.15, -0.1) is 0 Å². The van der Waals surface area contributed by atoms with E-state index in [1.54, 1.807) is 0 Å². The number of nitrogens with two attached hydrogens (primary N) is 1. The molecule has 0 spiro atoms. The van der Waals surface area contributed by atoms with Crippen LogP contribution in [0, 0.1) is 5.92 Å². The summed E-state index contributed by atoms with van der Waals surface area (Å²) >= 11 is 0. The van der Waals surface area contributed by atoms with Gasteiger partial charge >= 0.3 is 0 Å². The molecule has 2 amide bonds. The Hall–Kier alpha value is -4.58. The lowest BCUT2D eigenvalue weighted by Crippen LogP contribution is -2.40. The maximum absolute atomic E-state index is 13.2. The molecule has 4 aromatic carbocycles. The molecule has 1 aliphatic heterocycles. The Balaban J connectivity index is 1.23. The van der Waals surface area contributed by atoms with Crippen molar-refractivity contribution in [2.24, 2.45) is 5.92 Å². The van der Waals surface area contributed by atoms with Gasteiger partial charge in [0.15, 0.2) is 0 Å². The topological polar surface area (TPSA) is 87.5 Å². The molecular weight excluding hydrogens is 496 g/mol. The second-order valence-electron chi connectivity index (χ2n) is 10.3. The van der Waals surface area contributed by atoms with Crippen molar-refractivity contribution in [3.8, 4) is 11.1 Å². The smallest absolute Gasteiger partial charge is 0.256 e.